The summed E-state index contributed by atoms with van der Waals surface area (Å²) in [5, 5.41) is 0. The molecule has 0 aromatic heterocycles. The van der Waals surface area contributed by atoms with Crippen molar-refractivity contribution in [3.63, 3.8) is 0 Å². The Kier molecular flexibility index (Phi) is 22.0. The highest BCUT2D eigenvalue weighted by Crippen LogP contribution is 2.39. The molecule has 0 N–H and O–H groups in total. The Morgan fingerprint density at radius 1 is 0.609 bits per heavy atom. The maximum Gasteiger partial charge on any atom is -0.0386 e. The average Bonchev–Trinajstić information content (AvgIpc) is 2.65. The maximum absolute atomic E-state index is 2.55. The summed E-state index contributed by atoms with van der Waals surface area (Å²) in [6, 6.07) is 0. The van der Waals surface area contributed by atoms with E-state index in [9.17, 15) is 0 Å². The minimum Gasteiger partial charge on any atom is -0.0683 e. The molecule has 2 aliphatic carbocycles. The fourth-order valence-corrected chi connectivity index (χ4v) is 3.70. The third-order valence-corrected chi connectivity index (χ3v) is 5.29. The molecule has 0 nitrogen and oxygen atoms in total. The third kappa shape index (κ3) is 14.1. The lowest BCUT2D eigenvalue weighted by Crippen LogP contribution is -2.24. The van der Waals surface area contributed by atoms with Gasteiger partial charge in [-0.2, -0.15) is 0 Å². The number of hydrogen-bond donors (Lipinski definition) is 0. The highest BCUT2D eigenvalue weighted by molar-refractivity contribution is 4.78. The second-order valence-corrected chi connectivity index (χ2v) is 7.36. The highest BCUT2D eigenvalue weighted by Gasteiger charge is 2.27. The Morgan fingerprint density at radius 3 is 1.09 bits per heavy atom. The van der Waals surface area contributed by atoms with Gasteiger partial charge in [0.25, 0.3) is 0 Å². The fourth-order valence-electron chi connectivity index (χ4n) is 3.70. The predicted molar refractivity (Wildman–Crippen MR) is 110 cm³/mol. The molecule has 0 radical (unpaired) electrons. The number of unbranched alkanes of at least 4 members (excludes halogenated alkanes) is 1. The van der Waals surface area contributed by atoms with Gasteiger partial charge in [-0.1, -0.05) is 132 Å². The monoisotopic (exact) mass is 326 g/mol. The average molecular weight is 327 g/mol. The molecular formula is C23H50. The Bertz CT molecular complexity index is 164. The topological polar surface area (TPSA) is 0 Å². The van der Waals surface area contributed by atoms with E-state index in [-0.39, 0.29) is 0 Å². The molecule has 2 saturated carbocycles. The van der Waals surface area contributed by atoms with Gasteiger partial charge < -0.3 is 0 Å². The summed E-state index contributed by atoms with van der Waals surface area (Å²) in [7, 11) is 0. The van der Waals surface area contributed by atoms with Crippen LogP contribution in [0.5, 0.6) is 0 Å². The first-order valence-electron chi connectivity index (χ1n) is 11.2. The summed E-state index contributed by atoms with van der Waals surface area (Å²) in [4.78, 5) is 0. The van der Waals surface area contributed by atoms with E-state index in [1.165, 1.54) is 83.5 Å². The molecule has 0 heterocycles. The molecular weight excluding hydrogens is 276 g/mol. The Morgan fingerprint density at radius 2 is 0.870 bits per heavy atom. The van der Waals surface area contributed by atoms with Crippen LogP contribution in [-0.2, 0) is 0 Å². The molecule has 142 valence electrons. The summed E-state index contributed by atoms with van der Waals surface area (Å²) in [6.07, 6.45) is 19.1. The second-order valence-electron chi connectivity index (χ2n) is 7.36. The molecule has 23 heavy (non-hydrogen) atoms. The SMILES string of the molecule is CC.CC(C1CCCCC1)C1CCCCC1.CCC.CCCC. The van der Waals surface area contributed by atoms with Crippen LogP contribution >= 0.6 is 0 Å². The summed E-state index contributed by atoms with van der Waals surface area (Å²) in [5.41, 5.74) is 0. The molecule has 0 spiro atoms. The molecule has 0 aromatic rings. The quantitative estimate of drug-likeness (QED) is 0.485. The molecule has 0 bridgehead atoms. The van der Waals surface area contributed by atoms with Crippen molar-refractivity contribution in [3.05, 3.63) is 0 Å². The van der Waals surface area contributed by atoms with Gasteiger partial charge in [-0.25, -0.2) is 0 Å². The Hall–Kier alpha value is 0. The van der Waals surface area contributed by atoms with E-state index in [4.69, 9.17) is 0 Å². The zero-order valence-electron chi connectivity index (χ0n) is 17.9. The van der Waals surface area contributed by atoms with Crippen molar-refractivity contribution >= 4 is 0 Å². The van der Waals surface area contributed by atoms with Crippen LogP contribution in [0.1, 0.15) is 132 Å². The molecule has 0 amide bonds. The van der Waals surface area contributed by atoms with Crippen LogP contribution < -0.4 is 0 Å². The molecule has 0 aromatic carbocycles. The molecule has 0 aliphatic heterocycles. The van der Waals surface area contributed by atoms with Crippen LogP contribution in [0.15, 0.2) is 0 Å². The molecule has 0 saturated heterocycles. The van der Waals surface area contributed by atoms with Gasteiger partial charge in [0.05, 0.1) is 0 Å². The van der Waals surface area contributed by atoms with Crippen LogP contribution in [0, 0.1) is 17.8 Å². The second kappa shape index (κ2) is 20.0. The predicted octanol–water partition coefficient (Wildman–Crippen LogP) is 9.03. The minimum atomic E-state index is 1.04. The van der Waals surface area contributed by atoms with E-state index in [1.54, 1.807) is 0 Å². The minimum absolute atomic E-state index is 1.04. The first-order valence-corrected chi connectivity index (χ1v) is 11.2. The van der Waals surface area contributed by atoms with Crippen molar-refractivity contribution in [1.29, 1.82) is 0 Å². The van der Waals surface area contributed by atoms with Crippen LogP contribution in [0.2, 0.25) is 0 Å². The summed E-state index contributed by atoms with van der Waals surface area (Å²) >= 11 is 0. The third-order valence-electron chi connectivity index (χ3n) is 5.29. The van der Waals surface area contributed by atoms with Crippen LogP contribution in [0.25, 0.3) is 0 Å². The van der Waals surface area contributed by atoms with E-state index < -0.39 is 0 Å². The lowest BCUT2D eigenvalue weighted by Gasteiger charge is -2.35. The number of hydrogen-bond acceptors (Lipinski definition) is 0. The molecule has 2 aliphatic rings. The van der Waals surface area contributed by atoms with Gasteiger partial charge in [0.15, 0.2) is 0 Å². The Balaban J connectivity index is 0. The van der Waals surface area contributed by atoms with E-state index in [1.807, 2.05) is 13.8 Å². The van der Waals surface area contributed by atoms with Gasteiger partial charge in [-0.05, 0) is 17.8 Å². The normalized spacial score (nSPS) is 18.8. The van der Waals surface area contributed by atoms with Crippen molar-refractivity contribution in [2.24, 2.45) is 17.8 Å². The van der Waals surface area contributed by atoms with Gasteiger partial charge in [0.1, 0.15) is 0 Å². The van der Waals surface area contributed by atoms with E-state index in [2.05, 4.69) is 34.6 Å². The molecule has 0 heteroatoms. The van der Waals surface area contributed by atoms with Crippen molar-refractivity contribution in [1.82, 2.24) is 0 Å². The Labute approximate surface area is 150 Å². The van der Waals surface area contributed by atoms with Gasteiger partial charge in [0, 0.05) is 0 Å². The largest absolute Gasteiger partial charge is 0.0683 e. The van der Waals surface area contributed by atoms with Crippen LogP contribution in [0.4, 0.5) is 0 Å². The lowest BCUT2D eigenvalue weighted by molar-refractivity contribution is 0.159. The first-order chi connectivity index (χ1) is 11.2. The van der Waals surface area contributed by atoms with Gasteiger partial charge in [-0.3, -0.25) is 0 Å². The molecule has 2 fully saturated rings. The van der Waals surface area contributed by atoms with E-state index in [0.717, 1.165) is 17.8 Å². The standard InChI is InChI=1S/C14H26.C4H10.C3H8.C2H6/c1-12(13-8-4-2-5-9-13)14-10-6-3-7-11-14;1-3-4-2;1-3-2;1-2/h12-14H,2-11H2,1H3;3-4H2,1-2H3;3H2,1-2H3;1-2H3. The molecule has 2 rings (SSSR count). The van der Waals surface area contributed by atoms with Gasteiger partial charge >= 0.3 is 0 Å². The zero-order valence-corrected chi connectivity index (χ0v) is 17.9. The van der Waals surface area contributed by atoms with Crippen LogP contribution in [-0.4, -0.2) is 0 Å². The van der Waals surface area contributed by atoms with Crippen molar-refractivity contribution in [2.75, 3.05) is 0 Å². The van der Waals surface area contributed by atoms with Crippen LogP contribution in [0.3, 0.4) is 0 Å². The molecule has 0 atom stereocenters. The van der Waals surface area contributed by atoms with Crippen molar-refractivity contribution < 1.29 is 0 Å². The summed E-state index contributed by atoms with van der Waals surface area (Å²) in [5.74, 6) is 3.22. The van der Waals surface area contributed by atoms with E-state index in [0.29, 0.717) is 0 Å². The van der Waals surface area contributed by atoms with Gasteiger partial charge in [-0.15, -0.1) is 0 Å². The summed E-state index contributed by atoms with van der Waals surface area (Å²) < 4.78 is 0. The lowest BCUT2D eigenvalue weighted by atomic mass is 9.71. The van der Waals surface area contributed by atoms with E-state index >= 15 is 0 Å². The highest BCUT2D eigenvalue weighted by atomic mass is 14.3. The van der Waals surface area contributed by atoms with Crippen molar-refractivity contribution in [2.45, 2.75) is 132 Å². The molecule has 0 unspecified atom stereocenters. The maximum atomic E-state index is 2.55. The van der Waals surface area contributed by atoms with Gasteiger partial charge in [0.2, 0.25) is 0 Å². The first kappa shape index (κ1) is 25.2. The fraction of sp³-hybridized carbons (Fsp3) is 1.00. The number of rotatable bonds is 3. The smallest absolute Gasteiger partial charge is 0.0386 e. The summed E-state index contributed by atoms with van der Waals surface area (Å²) in [6.45, 7) is 15.2. The van der Waals surface area contributed by atoms with Crippen molar-refractivity contribution in [3.8, 4) is 0 Å². The zero-order chi connectivity index (χ0) is 17.9.